The summed E-state index contributed by atoms with van der Waals surface area (Å²) in [5.74, 6) is -0.0160. The van der Waals surface area contributed by atoms with E-state index in [0.717, 1.165) is 59.2 Å². The second kappa shape index (κ2) is 16.7. The lowest BCUT2D eigenvalue weighted by Crippen LogP contribution is -2.45. The second-order valence-corrected chi connectivity index (χ2v) is 14.1. The molecule has 46 heavy (non-hydrogen) atoms. The molecule has 2 heterocycles. The van der Waals surface area contributed by atoms with Crippen molar-refractivity contribution in [2.75, 3.05) is 24.2 Å². The Bertz CT molecular complexity index is 1620. The number of carbonyl (C=O) groups excluding carboxylic acids is 2. The number of amides is 2. The Balaban J connectivity index is 1.04. The SMILES string of the molecule is CC(OCc1ccccc1)[C@H](N)C(=O)Nc1cccc(-c2csc(SCC(=O)NC3CCN(Cc4ccc(Cl)c(Cl)c4)CC3)n2)c1. The van der Waals surface area contributed by atoms with E-state index in [2.05, 4.69) is 15.5 Å². The molecule has 4 N–H and O–H groups in total. The van der Waals surface area contributed by atoms with Gasteiger partial charge in [0, 0.05) is 42.3 Å². The summed E-state index contributed by atoms with van der Waals surface area (Å²) in [4.78, 5) is 32.6. The van der Waals surface area contributed by atoms with Crippen molar-refractivity contribution in [1.82, 2.24) is 15.2 Å². The summed E-state index contributed by atoms with van der Waals surface area (Å²) in [6, 6.07) is 22.3. The summed E-state index contributed by atoms with van der Waals surface area (Å²) in [5, 5.41) is 9.16. The maximum absolute atomic E-state index is 12.8. The zero-order chi connectivity index (χ0) is 32.5. The molecule has 1 fully saturated rings. The van der Waals surface area contributed by atoms with E-state index in [0.29, 0.717) is 28.1 Å². The molecule has 1 aliphatic rings. The molecule has 5 rings (SSSR count). The first-order valence-electron chi connectivity index (χ1n) is 15.1. The van der Waals surface area contributed by atoms with Crippen molar-refractivity contribution in [1.29, 1.82) is 0 Å². The number of nitrogens with zero attached hydrogens (tertiary/aromatic N) is 2. The molecule has 0 spiro atoms. The van der Waals surface area contributed by atoms with Gasteiger partial charge in [0.25, 0.3) is 0 Å². The number of rotatable bonds is 13. The molecular formula is C34H37Cl2N5O3S2. The van der Waals surface area contributed by atoms with Crippen molar-refractivity contribution in [3.8, 4) is 11.3 Å². The van der Waals surface area contributed by atoms with Crippen LogP contribution in [0, 0.1) is 0 Å². The third-order valence-corrected chi connectivity index (χ3v) is 10.5. The van der Waals surface area contributed by atoms with E-state index in [1.54, 1.807) is 6.92 Å². The summed E-state index contributed by atoms with van der Waals surface area (Å²) >= 11 is 15.1. The van der Waals surface area contributed by atoms with Crippen LogP contribution >= 0.6 is 46.3 Å². The number of aromatic nitrogens is 1. The number of likely N-dealkylation sites (tertiary alicyclic amines) is 1. The highest BCUT2D eigenvalue weighted by molar-refractivity contribution is 8.01. The number of thiazole rings is 1. The van der Waals surface area contributed by atoms with Gasteiger partial charge >= 0.3 is 0 Å². The molecule has 1 saturated heterocycles. The van der Waals surface area contributed by atoms with Crippen LogP contribution in [-0.4, -0.2) is 58.7 Å². The smallest absolute Gasteiger partial charge is 0.243 e. The van der Waals surface area contributed by atoms with Crippen molar-refractivity contribution < 1.29 is 14.3 Å². The van der Waals surface area contributed by atoms with Crippen LogP contribution in [-0.2, 0) is 27.5 Å². The molecule has 2 atom stereocenters. The van der Waals surface area contributed by atoms with Crippen LogP contribution in [0.3, 0.4) is 0 Å². The fourth-order valence-electron chi connectivity index (χ4n) is 5.09. The maximum atomic E-state index is 12.8. The first kappa shape index (κ1) is 34.4. The fraction of sp³-hybridized carbons (Fsp3) is 0.324. The normalized spacial score (nSPS) is 15.3. The van der Waals surface area contributed by atoms with Gasteiger partial charge in [-0.25, -0.2) is 4.98 Å². The molecule has 1 aliphatic heterocycles. The van der Waals surface area contributed by atoms with Crippen LogP contribution in [0.1, 0.15) is 30.9 Å². The third-order valence-electron chi connectivity index (χ3n) is 7.74. The number of piperidine rings is 1. The second-order valence-electron chi connectivity index (χ2n) is 11.3. The molecule has 1 aromatic heterocycles. The van der Waals surface area contributed by atoms with Gasteiger partial charge in [-0.15, -0.1) is 11.3 Å². The molecule has 12 heteroatoms. The third kappa shape index (κ3) is 10.0. The van der Waals surface area contributed by atoms with Crippen molar-refractivity contribution in [3.63, 3.8) is 0 Å². The van der Waals surface area contributed by atoms with Gasteiger partial charge in [-0.05, 0) is 55.2 Å². The monoisotopic (exact) mass is 697 g/mol. The number of thioether (sulfide) groups is 1. The lowest BCUT2D eigenvalue weighted by atomic mass is 10.0. The van der Waals surface area contributed by atoms with Gasteiger partial charge in [0.2, 0.25) is 11.8 Å². The number of anilines is 1. The average molecular weight is 699 g/mol. The van der Waals surface area contributed by atoms with E-state index >= 15 is 0 Å². The molecule has 2 amide bonds. The molecular weight excluding hydrogens is 661 g/mol. The molecule has 0 aliphatic carbocycles. The standard InChI is InChI=1S/C34H37Cl2N5O3S2/c1-22(44-19-23-6-3-2-4-7-23)32(37)33(43)39-27-9-5-8-25(17-27)30-20-45-34(40-30)46-21-31(42)38-26-12-14-41(15-13-26)18-24-10-11-28(35)29(36)16-24/h2-11,16-17,20,22,26,32H,12-15,18-19,21,37H2,1H3,(H,38,42)(H,39,43)/t22?,32-/m0/s1. The molecule has 242 valence electrons. The number of hydrogen-bond donors (Lipinski definition) is 3. The van der Waals surface area contributed by atoms with Gasteiger partial charge in [0.05, 0.1) is 34.2 Å². The highest BCUT2D eigenvalue weighted by Gasteiger charge is 2.23. The minimum atomic E-state index is -0.831. The van der Waals surface area contributed by atoms with E-state index in [1.807, 2.05) is 78.2 Å². The lowest BCUT2D eigenvalue weighted by molar-refractivity contribution is -0.121. The van der Waals surface area contributed by atoms with Gasteiger partial charge in [0.1, 0.15) is 6.04 Å². The summed E-state index contributed by atoms with van der Waals surface area (Å²) in [6.45, 7) is 4.79. The highest BCUT2D eigenvalue weighted by Crippen LogP contribution is 2.30. The molecule has 4 aromatic rings. The topological polar surface area (TPSA) is 110 Å². The molecule has 0 saturated carbocycles. The Kier molecular flexibility index (Phi) is 12.5. The van der Waals surface area contributed by atoms with Crippen molar-refractivity contribution >= 4 is 63.8 Å². The zero-order valence-corrected chi connectivity index (χ0v) is 28.6. The van der Waals surface area contributed by atoms with E-state index < -0.39 is 12.1 Å². The summed E-state index contributed by atoms with van der Waals surface area (Å²) in [7, 11) is 0. The van der Waals surface area contributed by atoms with Crippen LogP contribution in [0.4, 0.5) is 5.69 Å². The minimum absolute atomic E-state index is 0.00714. The van der Waals surface area contributed by atoms with Crippen LogP contribution in [0.5, 0.6) is 0 Å². The summed E-state index contributed by atoms with van der Waals surface area (Å²) < 4.78 is 6.63. The predicted molar refractivity (Wildman–Crippen MR) is 188 cm³/mol. The minimum Gasteiger partial charge on any atom is -0.372 e. The van der Waals surface area contributed by atoms with Crippen molar-refractivity contribution in [2.24, 2.45) is 5.73 Å². The quantitative estimate of drug-likeness (QED) is 0.131. The molecule has 0 radical (unpaired) electrons. The summed E-state index contributed by atoms with van der Waals surface area (Å²) in [5.41, 5.74) is 10.6. The number of ether oxygens (including phenoxy) is 1. The number of benzene rings is 3. The Hall–Kier alpha value is -2.96. The van der Waals surface area contributed by atoms with Crippen LogP contribution in [0.25, 0.3) is 11.3 Å². The fourth-order valence-corrected chi connectivity index (χ4v) is 7.05. The van der Waals surface area contributed by atoms with Crippen LogP contribution in [0.15, 0.2) is 82.5 Å². The van der Waals surface area contributed by atoms with Crippen LogP contribution in [0.2, 0.25) is 10.0 Å². The number of nitrogens with one attached hydrogen (secondary N) is 2. The van der Waals surface area contributed by atoms with E-state index in [-0.39, 0.29) is 17.9 Å². The largest absolute Gasteiger partial charge is 0.372 e. The van der Waals surface area contributed by atoms with Crippen molar-refractivity contribution in [3.05, 3.63) is 99.3 Å². The van der Waals surface area contributed by atoms with Crippen LogP contribution < -0.4 is 16.4 Å². The van der Waals surface area contributed by atoms with Gasteiger partial charge in [-0.2, -0.15) is 0 Å². The number of nitrogens with two attached hydrogens (primary N) is 1. The average Bonchev–Trinajstić information content (AvgIpc) is 3.55. The molecule has 3 aromatic carbocycles. The van der Waals surface area contributed by atoms with E-state index in [1.165, 1.54) is 23.1 Å². The Labute approximate surface area is 288 Å². The van der Waals surface area contributed by atoms with Crippen molar-refractivity contribution in [2.45, 2.75) is 55.4 Å². The Morgan fingerprint density at radius 1 is 1.04 bits per heavy atom. The summed E-state index contributed by atoms with van der Waals surface area (Å²) in [6.07, 6.45) is 1.33. The van der Waals surface area contributed by atoms with Gasteiger partial charge in [0.15, 0.2) is 4.34 Å². The van der Waals surface area contributed by atoms with Gasteiger partial charge in [-0.3, -0.25) is 14.5 Å². The predicted octanol–water partition coefficient (Wildman–Crippen LogP) is 6.86. The first-order valence-corrected chi connectivity index (χ1v) is 17.7. The maximum Gasteiger partial charge on any atom is 0.243 e. The first-order chi connectivity index (χ1) is 22.2. The number of carbonyl (C=O) groups is 2. The zero-order valence-electron chi connectivity index (χ0n) is 25.5. The van der Waals surface area contributed by atoms with E-state index in [9.17, 15) is 9.59 Å². The Morgan fingerprint density at radius 3 is 2.59 bits per heavy atom. The molecule has 8 nitrogen and oxygen atoms in total. The highest BCUT2D eigenvalue weighted by atomic mass is 35.5. The van der Waals surface area contributed by atoms with E-state index in [4.69, 9.17) is 38.7 Å². The van der Waals surface area contributed by atoms with Gasteiger partial charge in [-0.1, -0.05) is 83.5 Å². The Morgan fingerprint density at radius 2 is 1.83 bits per heavy atom. The number of halogens is 2. The lowest BCUT2D eigenvalue weighted by Gasteiger charge is -2.32. The van der Waals surface area contributed by atoms with Gasteiger partial charge < -0.3 is 21.1 Å². The number of hydrogen-bond acceptors (Lipinski definition) is 8. The molecule has 1 unspecified atom stereocenters. The molecule has 0 bridgehead atoms.